The first-order valence-electron chi connectivity index (χ1n) is 6.09. The van der Waals surface area contributed by atoms with Gasteiger partial charge in [-0.3, -0.25) is 0 Å². The van der Waals surface area contributed by atoms with E-state index < -0.39 is 5.97 Å². The summed E-state index contributed by atoms with van der Waals surface area (Å²) in [5, 5.41) is 11.1. The van der Waals surface area contributed by atoms with Crippen LogP contribution in [0.5, 0.6) is 0 Å². The Morgan fingerprint density at radius 1 is 1.38 bits per heavy atom. The summed E-state index contributed by atoms with van der Waals surface area (Å²) >= 11 is 1.28. The maximum Gasteiger partial charge on any atom is 0.338 e. The van der Waals surface area contributed by atoms with E-state index in [0.717, 1.165) is 11.8 Å². The summed E-state index contributed by atoms with van der Waals surface area (Å²) in [4.78, 5) is 15.1. The molecule has 0 aliphatic carbocycles. The van der Waals surface area contributed by atoms with Gasteiger partial charge in [0.25, 0.3) is 0 Å². The van der Waals surface area contributed by atoms with E-state index in [1.54, 1.807) is 17.5 Å². The summed E-state index contributed by atoms with van der Waals surface area (Å²) in [5.41, 5.74) is 1.91. The Bertz CT molecular complexity index is 822. The van der Waals surface area contributed by atoms with Crippen LogP contribution in [0.15, 0.2) is 40.3 Å². The van der Waals surface area contributed by atoms with Gasteiger partial charge < -0.3 is 9.52 Å². The van der Waals surface area contributed by atoms with E-state index in [-0.39, 0.29) is 11.4 Å². The molecule has 1 aromatic carbocycles. The number of furan rings is 1. The molecule has 1 N–H and O–H groups in total. The van der Waals surface area contributed by atoms with Gasteiger partial charge in [0.15, 0.2) is 5.76 Å². The van der Waals surface area contributed by atoms with Crippen LogP contribution in [-0.2, 0) is 0 Å². The predicted molar refractivity (Wildman–Crippen MR) is 76.9 cm³/mol. The van der Waals surface area contributed by atoms with Gasteiger partial charge in [0.1, 0.15) is 22.8 Å². The van der Waals surface area contributed by atoms with Gasteiger partial charge in [-0.05, 0) is 19.1 Å². The molecular formula is C15H10FNO3S. The molecule has 0 amide bonds. The maximum absolute atomic E-state index is 13.8. The van der Waals surface area contributed by atoms with Crippen molar-refractivity contribution in [2.24, 2.45) is 0 Å². The van der Waals surface area contributed by atoms with Crippen molar-refractivity contribution >= 4 is 17.3 Å². The number of hydrogen-bond acceptors (Lipinski definition) is 4. The minimum Gasteiger partial charge on any atom is -0.478 e. The average Bonchev–Trinajstić information content (AvgIpc) is 3.09. The van der Waals surface area contributed by atoms with Crippen LogP contribution in [0.1, 0.15) is 15.9 Å². The van der Waals surface area contributed by atoms with Crippen molar-refractivity contribution in [1.29, 1.82) is 0 Å². The number of thiazole rings is 1. The van der Waals surface area contributed by atoms with Crippen molar-refractivity contribution in [2.75, 3.05) is 0 Å². The summed E-state index contributed by atoms with van der Waals surface area (Å²) in [6.07, 6.45) is 1.16. The van der Waals surface area contributed by atoms with E-state index in [2.05, 4.69) is 4.98 Å². The lowest BCUT2D eigenvalue weighted by Gasteiger charge is -2.00. The predicted octanol–water partition coefficient (Wildman–Crippen LogP) is 4.22. The van der Waals surface area contributed by atoms with Gasteiger partial charge in [-0.25, -0.2) is 14.2 Å². The van der Waals surface area contributed by atoms with E-state index in [4.69, 9.17) is 9.52 Å². The summed E-state index contributed by atoms with van der Waals surface area (Å²) in [7, 11) is 0. The SMILES string of the molecule is Cc1ccc(F)c(-c2nc(-c3cc(C(=O)O)co3)cs2)c1. The molecule has 0 fully saturated rings. The molecule has 3 aromatic rings. The Morgan fingerprint density at radius 3 is 2.90 bits per heavy atom. The molecule has 0 aliphatic heterocycles. The molecule has 0 bridgehead atoms. The lowest BCUT2D eigenvalue weighted by Crippen LogP contribution is -1.91. The third-order valence-corrected chi connectivity index (χ3v) is 3.83. The van der Waals surface area contributed by atoms with Crippen LogP contribution in [0.2, 0.25) is 0 Å². The van der Waals surface area contributed by atoms with Crippen LogP contribution in [-0.4, -0.2) is 16.1 Å². The monoisotopic (exact) mass is 303 g/mol. The van der Waals surface area contributed by atoms with Crippen molar-refractivity contribution in [2.45, 2.75) is 6.92 Å². The van der Waals surface area contributed by atoms with Crippen LogP contribution in [0, 0.1) is 12.7 Å². The number of carboxylic acids is 1. The number of carbonyl (C=O) groups is 1. The maximum atomic E-state index is 13.8. The number of halogens is 1. The minimum absolute atomic E-state index is 0.0567. The molecule has 2 heterocycles. The molecule has 0 spiro atoms. The first kappa shape index (κ1) is 13.5. The minimum atomic E-state index is -1.06. The number of rotatable bonds is 3. The van der Waals surface area contributed by atoms with Crippen molar-refractivity contribution in [3.05, 3.63) is 52.9 Å². The molecule has 2 aromatic heterocycles. The zero-order valence-electron chi connectivity index (χ0n) is 11.0. The van der Waals surface area contributed by atoms with Crippen molar-refractivity contribution in [3.8, 4) is 22.0 Å². The normalized spacial score (nSPS) is 10.8. The fraction of sp³-hybridized carbons (Fsp3) is 0.0667. The van der Waals surface area contributed by atoms with Crippen LogP contribution < -0.4 is 0 Å². The lowest BCUT2D eigenvalue weighted by atomic mass is 10.1. The summed E-state index contributed by atoms with van der Waals surface area (Å²) in [5.74, 6) is -1.06. The van der Waals surface area contributed by atoms with Crippen LogP contribution in [0.4, 0.5) is 4.39 Å². The molecule has 0 saturated heterocycles. The highest BCUT2D eigenvalue weighted by Gasteiger charge is 2.15. The van der Waals surface area contributed by atoms with E-state index in [9.17, 15) is 9.18 Å². The molecule has 106 valence electrons. The van der Waals surface area contributed by atoms with Crippen molar-refractivity contribution in [3.63, 3.8) is 0 Å². The second-order valence-electron chi connectivity index (χ2n) is 4.53. The smallest absolute Gasteiger partial charge is 0.338 e. The lowest BCUT2D eigenvalue weighted by molar-refractivity contribution is 0.0696. The van der Waals surface area contributed by atoms with Gasteiger partial charge in [0, 0.05) is 17.0 Å². The third-order valence-electron chi connectivity index (χ3n) is 2.96. The van der Waals surface area contributed by atoms with Gasteiger partial charge in [0.05, 0.1) is 5.56 Å². The molecule has 0 aliphatic rings. The van der Waals surface area contributed by atoms with Crippen LogP contribution in [0.25, 0.3) is 22.0 Å². The first-order valence-corrected chi connectivity index (χ1v) is 6.97. The Kier molecular flexibility index (Phi) is 3.31. The molecule has 6 heteroatoms. The molecule has 0 radical (unpaired) electrons. The third kappa shape index (κ3) is 2.57. The zero-order chi connectivity index (χ0) is 15.0. The molecular weight excluding hydrogens is 293 g/mol. The van der Waals surface area contributed by atoms with Crippen LogP contribution >= 0.6 is 11.3 Å². The van der Waals surface area contributed by atoms with Gasteiger partial charge >= 0.3 is 5.97 Å². The average molecular weight is 303 g/mol. The number of benzene rings is 1. The highest BCUT2D eigenvalue weighted by atomic mass is 32.1. The highest BCUT2D eigenvalue weighted by molar-refractivity contribution is 7.13. The number of carboxylic acid groups (broad SMARTS) is 1. The van der Waals surface area contributed by atoms with E-state index in [0.29, 0.717) is 22.0 Å². The van der Waals surface area contributed by atoms with Gasteiger partial charge in [-0.2, -0.15) is 0 Å². The summed E-state index contributed by atoms with van der Waals surface area (Å²) in [6.45, 7) is 1.88. The topological polar surface area (TPSA) is 63.3 Å². The van der Waals surface area contributed by atoms with Crippen LogP contribution in [0.3, 0.4) is 0 Å². The van der Waals surface area contributed by atoms with Crippen molar-refractivity contribution < 1.29 is 18.7 Å². The standard InChI is InChI=1S/C15H10FNO3S/c1-8-2-3-11(16)10(4-8)14-17-12(7-21-14)13-5-9(6-20-13)15(18)19/h2-7H,1H3,(H,18,19). The second kappa shape index (κ2) is 5.14. The number of hydrogen-bond donors (Lipinski definition) is 1. The number of aryl methyl sites for hydroxylation is 1. The Labute approximate surface area is 123 Å². The molecule has 0 saturated carbocycles. The number of aromatic nitrogens is 1. The molecule has 0 unspecified atom stereocenters. The summed E-state index contributed by atoms with van der Waals surface area (Å²) in [6, 6.07) is 6.22. The summed E-state index contributed by atoms with van der Waals surface area (Å²) < 4.78 is 19.0. The fourth-order valence-corrected chi connectivity index (χ4v) is 2.72. The Morgan fingerprint density at radius 2 is 2.19 bits per heavy atom. The Hall–Kier alpha value is -2.47. The Balaban J connectivity index is 1.99. The fourth-order valence-electron chi connectivity index (χ4n) is 1.90. The molecule has 3 rings (SSSR count). The zero-order valence-corrected chi connectivity index (χ0v) is 11.8. The first-order chi connectivity index (χ1) is 10.0. The number of aromatic carboxylic acids is 1. The van der Waals surface area contributed by atoms with Crippen molar-refractivity contribution in [1.82, 2.24) is 4.98 Å². The molecule has 4 nitrogen and oxygen atoms in total. The highest BCUT2D eigenvalue weighted by Crippen LogP contribution is 2.31. The van der Waals surface area contributed by atoms with E-state index >= 15 is 0 Å². The van der Waals surface area contributed by atoms with E-state index in [1.165, 1.54) is 23.5 Å². The quantitative estimate of drug-likeness (QED) is 0.787. The van der Waals surface area contributed by atoms with Gasteiger partial charge in [0.2, 0.25) is 0 Å². The number of nitrogens with zero attached hydrogens (tertiary/aromatic N) is 1. The van der Waals surface area contributed by atoms with Gasteiger partial charge in [-0.15, -0.1) is 11.3 Å². The largest absolute Gasteiger partial charge is 0.478 e. The van der Waals surface area contributed by atoms with E-state index in [1.807, 2.05) is 6.92 Å². The van der Waals surface area contributed by atoms with Gasteiger partial charge in [-0.1, -0.05) is 11.6 Å². The molecule has 0 atom stereocenters. The molecule has 21 heavy (non-hydrogen) atoms. The second-order valence-corrected chi connectivity index (χ2v) is 5.38.